The van der Waals surface area contributed by atoms with E-state index in [9.17, 15) is 0 Å². The van der Waals surface area contributed by atoms with Crippen LogP contribution < -0.4 is 0 Å². The second-order valence-corrected chi connectivity index (χ2v) is 4.00. The van der Waals surface area contributed by atoms with Crippen molar-refractivity contribution in [3.8, 4) is 0 Å². The van der Waals surface area contributed by atoms with Crippen LogP contribution in [0.2, 0.25) is 0 Å². The van der Waals surface area contributed by atoms with Crippen LogP contribution in [0.3, 0.4) is 0 Å². The Morgan fingerprint density at radius 1 is 1.53 bits per heavy atom. The highest BCUT2D eigenvalue weighted by Gasteiger charge is 2.10. The third kappa shape index (κ3) is 4.93. The molecule has 0 saturated heterocycles. The molecule has 0 aliphatic rings. The van der Waals surface area contributed by atoms with Gasteiger partial charge in [0, 0.05) is 19.1 Å². The van der Waals surface area contributed by atoms with Crippen LogP contribution in [0.1, 0.15) is 38.5 Å². The Balaban J connectivity index is 2.05. The molecule has 0 aliphatic carbocycles. The summed E-state index contributed by atoms with van der Waals surface area (Å²) in [7, 11) is 0. The molecule has 1 rings (SSSR count). The van der Waals surface area contributed by atoms with Crippen molar-refractivity contribution >= 4 is 0 Å². The van der Waals surface area contributed by atoms with Crippen LogP contribution in [-0.2, 0) is 4.74 Å². The van der Waals surface area contributed by atoms with Crippen molar-refractivity contribution in [3.63, 3.8) is 0 Å². The van der Waals surface area contributed by atoms with Gasteiger partial charge in [-0.3, -0.25) is 0 Å². The van der Waals surface area contributed by atoms with E-state index in [0.717, 1.165) is 26.1 Å². The molecule has 0 N–H and O–H groups in total. The maximum absolute atomic E-state index is 5.43. The van der Waals surface area contributed by atoms with Gasteiger partial charge >= 0.3 is 0 Å². The second kappa shape index (κ2) is 6.56. The van der Waals surface area contributed by atoms with E-state index in [2.05, 4.69) is 24.0 Å². The first-order valence-electron chi connectivity index (χ1n) is 5.37. The number of aromatic nitrogens is 2. The Morgan fingerprint density at radius 3 is 2.93 bits per heavy atom. The fraction of sp³-hybridized carbons (Fsp3) is 0.727. The highest BCUT2D eigenvalue weighted by atomic mass is 16.5. The highest BCUT2D eigenvalue weighted by Crippen LogP contribution is 2.17. The predicted molar refractivity (Wildman–Crippen MR) is 57.3 cm³/mol. The molecule has 0 spiro atoms. The summed E-state index contributed by atoms with van der Waals surface area (Å²) in [6.45, 7) is 9.48. The van der Waals surface area contributed by atoms with Gasteiger partial charge in [0.15, 0.2) is 6.33 Å². The zero-order chi connectivity index (χ0) is 11.1. The first kappa shape index (κ1) is 12.2. The molecule has 0 aliphatic heterocycles. The van der Waals surface area contributed by atoms with Gasteiger partial charge < -0.3 is 9.26 Å². The van der Waals surface area contributed by atoms with Crippen LogP contribution in [0.25, 0.3) is 0 Å². The van der Waals surface area contributed by atoms with E-state index in [-0.39, 0.29) is 0 Å². The standard InChI is InChI=1S/C11H19N2O2/c1-9(2)7-14-6-4-5-10(3)11-12-8-13-15-11/h8-10H,1,4-7H2,2-3H3. The van der Waals surface area contributed by atoms with Gasteiger partial charge in [-0.05, 0) is 25.7 Å². The molecule has 0 aromatic carbocycles. The van der Waals surface area contributed by atoms with E-state index in [1.54, 1.807) is 0 Å². The molecule has 2 unspecified atom stereocenters. The third-order valence-electron chi connectivity index (χ3n) is 2.13. The maximum atomic E-state index is 5.43. The minimum absolute atomic E-state index is 0.313. The van der Waals surface area contributed by atoms with Crippen molar-refractivity contribution in [2.24, 2.45) is 5.92 Å². The first-order chi connectivity index (χ1) is 7.20. The fourth-order valence-electron chi connectivity index (χ4n) is 1.30. The van der Waals surface area contributed by atoms with E-state index < -0.39 is 0 Å². The van der Waals surface area contributed by atoms with Gasteiger partial charge in [0.1, 0.15) is 0 Å². The molecule has 1 aromatic rings. The molecule has 15 heavy (non-hydrogen) atoms. The van der Waals surface area contributed by atoms with Crippen molar-refractivity contribution in [1.29, 1.82) is 0 Å². The van der Waals surface area contributed by atoms with Crippen LogP contribution in [0.4, 0.5) is 0 Å². The molecular formula is C11H19N2O2. The summed E-state index contributed by atoms with van der Waals surface area (Å²) < 4.78 is 10.4. The lowest BCUT2D eigenvalue weighted by Gasteiger charge is -2.08. The normalized spacial score (nSPS) is 13.3. The van der Waals surface area contributed by atoms with Crippen molar-refractivity contribution in [2.75, 3.05) is 13.2 Å². The molecule has 0 bridgehead atoms. The number of nitrogens with zero attached hydrogens (tertiary/aromatic N) is 2. The van der Waals surface area contributed by atoms with Gasteiger partial charge in [-0.15, -0.1) is 0 Å². The van der Waals surface area contributed by atoms with Gasteiger partial charge in [0.25, 0.3) is 0 Å². The Morgan fingerprint density at radius 2 is 2.33 bits per heavy atom. The second-order valence-electron chi connectivity index (χ2n) is 4.00. The largest absolute Gasteiger partial charge is 0.381 e. The molecule has 2 atom stereocenters. The monoisotopic (exact) mass is 211 g/mol. The van der Waals surface area contributed by atoms with Crippen molar-refractivity contribution in [1.82, 2.24) is 10.1 Å². The maximum Gasteiger partial charge on any atom is 0.229 e. The van der Waals surface area contributed by atoms with Crippen LogP contribution in [0.5, 0.6) is 0 Å². The molecule has 1 radical (unpaired) electrons. The van der Waals surface area contributed by atoms with E-state index >= 15 is 0 Å². The average molecular weight is 211 g/mol. The van der Waals surface area contributed by atoms with E-state index in [1.165, 1.54) is 6.33 Å². The van der Waals surface area contributed by atoms with Crippen LogP contribution in [0.15, 0.2) is 10.9 Å². The summed E-state index contributed by atoms with van der Waals surface area (Å²) in [5.41, 5.74) is 0. The molecule has 1 heterocycles. The number of rotatable bonds is 7. The predicted octanol–water partition coefficient (Wildman–Crippen LogP) is 2.44. The first-order valence-corrected chi connectivity index (χ1v) is 5.37. The van der Waals surface area contributed by atoms with Crippen LogP contribution >= 0.6 is 0 Å². The van der Waals surface area contributed by atoms with Crippen molar-refractivity contribution in [3.05, 3.63) is 19.1 Å². The van der Waals surface area contributed by atoms with Gasteiger partial charge in [-0.2, -0.15) is 4.98 Å². The summed E-state index contributed by atoms with van der Waals surface area (Å²) in [6.07, 6.45) is 3.46. The zero-order valence-electron chi connectivity index (χ0n) is 9.48. The molecule has 0 fully saturated rings. The lowest BCUT2D eigenvalue weighted by molar-refractivity contribution is 0.111. The molecule has 4 heteroatoms. The highest BCUT2D eigenvalue weighted by molar-refractivity contribution is 4.85. The van der Waals surface area contributed by atoms with Crippen LogP contribution in [-0.4, -0.2) is 23.4 Å². The Kier molecular flexibility index (Phi) is 5.32. The fourth-order valence-corrected chi connectivity index (χ4v) is 1.30. The summed E-state index contributed by atoms with van der Waals surface area (Å²) >= 11 is 0. The molecule has 4 nitrogen and oxygen atoms in total. The minimum Gasteiger partial charge on any atom is -0.381 e. The topological polar surface area (TPSA) is 48.2 Å². The third-order valence-corrected chi connectivity index (χ3v) is 2.13. The summed E-state index contributed by atoms with van der Waals surface area (Å²) in [5.74, 6) is 1.38. The summed E-state index contributed by atoms with van der Waals surface area (Å²) in [5, 5.41) is 3.59. The van der Waals surface area contributed by atoms with Crippen LogP contribution in [0, 0.1) is 12.8 Å². The lowest BCUT2D eigenvalue weighted by Crippen LogP contribution is -2.04. The lowest BCUT2D eigenvalue weighted by atomic mass is 10.1. The summed E-state index contributed by atoms with van der Waals surface area (Å²) in [4.78, 5) is 4.01. The Bertz CT molecular complexity index is 247. The minimum atomic E-state index is 0.313. The van der Waals surface area contributed by atoms with E-state index in [0.29, 0.717) is 17.7 Å². The number of hydrogen-bond acceptors (Lipinski definition) is 4. The van der Waals surface area contributed by atoms with Gasteiger partial charge in [-0.25, -0.2) is 0 Å². The SMILES string of the molecule is [CH2]C(C)COCCCC(C)c1ncno1. The molecule has 0 saturated carbocycles. The molecule has 85 valence electrons. The Hall–Kier alpha value is -0.900. The quantitative estimate of drug-likeness (QED) is 0.650. The molecule has 1 aromatic heterocycles. The van der Waals surface area contributed by atoms with E-state index in [1.807, 2.05) is 6.92 Å². The van der Waals surface area contributed by atoms with Crippen molar-refractivity contribution in [2.45, 2.75) is 32.6 Å². The van der Waals surface area contributed by atoms with Gasteiger partial charge in [0.2, 0.25) is 5.89 Å². The summed E-state index contributed by atoms with van der Waals surface area (Å²) in [6, 6.07) is 0. The zero-order valence-corrected chi connectivity index (χ0v) is 9.48. The smallest absolute Gasteiger partial charge is 0.229 e. The van der Waals surface area contributed by atoms with Gasteiger partial charge in [0.05, 0.1) is 0 Å². The van der Waals surface area contributed by atoms with Gasteiger partial charge in [-0.1, -0.05) is 19.0 Å². The van der Waals surface area contributed by atoms with Crippen molar-refractivity contribution < 1.29 is 9.26 Å². The molecule has 0 amide bonds. The number of ether oxygens (including phenoxy) is 1. The van der Waals surface area contributed by atoms with E-state index in [4.69, 9.17) is 9.26 Å². The Labute approximate surface area is 91.0 Å². The number of hydrogen-bond donors (Lipinski definition) is 0. The molecular weight excluding hydrogens is 192 g/mol. The average Bonchev–Trinajstić information content (AvgIpc) is 2.69.